The molecule has 98 valence electrons. The largest absolute Gasteiger partial charge is 1.00 e. The number of hydrogen-bond acceptors (Lipinski definition) is 1. The molecule has 0 unspecified atom stereocenters. The van der Waals surface area contributed by atoms with Crippen LogP contribution in [0.1, 0.15) is 0 Å². The first kappa shape index (κ1) is 14.3. The zero-order chi connectivity index (χ0) is 12.7. The zero-order valence-electron chi connectivity index (χ0n) is 10.6. The van der Waals surface area contributed by atoms with Gasteiger partial charge in [0.1, 0.15) is 12.9 Å². The van der Waals surface area contributed by atoms with E-state index in [1.165, 1.54) is 0 Å². The molecule has 0 aliphatic rings. The van der Waals surface area contributed by atoms with Crippen LogP contribution in [0.5, 0.6) is 0 Å². The molecular formula is C14H13ClIN3. The molecule has 0 N–H and O–H groups in total. The van der Waals surface area contributed by atoms with Crippen molar-refractivity contribution in [2.75, 3.05) is 0 Å². The lowest BCUT2D eigenvalue weighted by molar-refractivity contribution is -0.671. The van der Waals surface area contributed by atoms with Gasteiger partial charge in [-0.25, -0.2) is 9.55 Å². The Bertz CT molecular complexity index is 737. The van der Waals surface area contributed by atoms with Crippen LogP contribution in [-0.2, 0) is 14.1 Å². The molecule has 19 heavy (non-hydrogen) atoms. The van der Waals surface area contributed by atoms with Gasteiger partial charge >= 0.3 is 0 Å². The molecule has 0 saturated heterocycles. The van der Waals surface area contributed by atoms with Gasteiger partial charge in [0.05, 0.1) is 16.6 Å². The van der Waals surface area contributed by atoms with Crippen molar-refractivity contribution in [3.63, 3.8) is 0 Å². The molecule has 1 aromatic carbocycles. The number of rotatable bonds is 1. The molecule has 2 aromatic heterocycles. The van der Waals surface area contributed by atoms with Crippen molar-refractivity contribution >= 4 is 22.6 Å². The quantitative estimate of drug-likeness (QED) is 0.417. The first-order chi connectivity index (χ1) is 8.65. The third-order valence-electron chi connectivity index (χ3n) is 3.04. The Morgan fingerprint density at radius 1 is 1.26 bits per heavy atom. The molecule has 0 fully saturated rings. The molecule has 3 aromatic rings. The molecule has 3 rings (SSSR count). The van der Waals surface area contributed by atoms with Crippen LogP contribution < -0.4 is 28.5 Å². The summed E-state index contributed by atoms with van der Waals surface area (Å²) in [4.78, 5) is 4.66. The molecule has 0 saturated carbocycles. The van der Waals surface area contributed by atoms with Crippen molar-refractivity contribution in [3.8, 4) is 11.4 Å². The van der Waals surface area contributed by atoms with Crippen LogP contribution in [-0.4, -0.2) is 9.55 Å². The second-order valence-corrected chi connectivity index (χ2v) is 4.82. The smallest absolute Gasteiger partial charge is 0.179 e. The van der Waals surface area contributed by atoms with Crippen molar-refractivity contribution in [3.05, 3.63) is 47.7 Å². The van der Waals surface area contributed by atoms with Crippen LogP contribution in [0.4, 0.5) is 0 Å². The number of aromatic nitrogens is 3. The molecule has 0 bridgehead atoms. The minimum Gasteiger partial charge on any atom is -1.00 e. The molecule has 0 aliphatic carbocycles. The minimum atomic E-state index is 0. The van der Waals surface area contributed by atoms with E-state index in [9.17, 15) is 0 Å². The molecule has 0 aliphatic heterocycles. The van der Waals surface area contributed by atoms with Gasteiger partial charge in [-0.3, -0.25) is 0 Å². The average Bonchev–Trinajstić information content (AvgIpc) is 2.67. The molecular weight excluding hydrogens is 373 g/mol. The highest BCUT2D eigenvalue weighted by atomic mass is 127. The van der Waals surface area contributed by atoms with E-state index in [1.807, 2.05) is 49.1 Å². The van der Waals surface area contributed by atoms with Gasteiger partial charge in [-0.15, -0.1) is 0 Å². The van der Waals surface area contributed by atoms with E-state index in [2.05, 4.69) is 21.8 Å². The van der Waals surface area contributed by atoms with Crippen LogP contribution >= 0.6 is 11.6 Å². The predicted octanol–water partition coefficient (Wildman–Crippen LogP) is -0.278. The summed E-state index contributed by atoms with van der Waals surface area (Å²) in [6, 6.07) is 9.83. The van der Waals surface area contributed by atoms with Crippen molar-refractivity contribution in [2.45, 2.75) is 0 Å². The number of hydrogen-bond donors (Lipinski definition) is 0. The summed E-state index contributed by atoms with van der Waals surface area (Å²) in [5.74, 6) is 0.948. The number of imidazole rings is 1. The fraction of sp³-hybridized carbons (Fsp3) is 0.143. The highest BCUT2D eigenvalue weighted by Gasteiger charge is 2.12. The van der Waals surface area contributed by atoms with E-state index in [-0.39, 0.29) is 24.0 Å². The van der Waals surface area contributed by atoms with E-state index < -0.39 is 0 Å². The SMILES string of the molecule is Cn1c(-c2ccc[n+](C)c2)nc2ccc(Cl)cc21.[I-]. The van der Waals surface area contributed by atoms with Crippen LogP contribution in [0, 0.1) is 0 Å². The van der Waals surface area contributed by atoms with E-state index in [4.69, 9.17) is 11.6 Å². The first-order valence-electron chi connectivity index (χ1n) is 5.73. The Morgan fingerprint density at radius 3 is 2.79 bits per heavy atom. The topological polar surface area (TPSA) is 21.7 Å². The number of halogens is 2. The monoisotopic (exact) mass is 385 g/mol. The third-order valence-corrected chi connectivity index (χ3v) is 3.28. The number of pyridine rings is 1. The van der Waals surface area contributed by atoms with Gasteiger partial charge in [-0.05, 0) is 24.3 Å². The molecule has 5 heteroatoms. The Hall–Kier alpha value is -1.14. The summed E-state index contributed by atoms with van der Waals surface area (Å²) < 4.78 is 4.08. The predicted molar refractivity (Wildman–Crippen MR) is 72.3 cm³/mol. The van der Waals surface area contributed by atoms with E-state index in [0.29, 0.717) is 0 Å². The standard InChI is InChI=1S/C14H13ClN3.HI/c1-17-7-3-4-10(9-17)14-16-12-6-5-11(15)8-13(12)18(14)2;/h3-9H,1-2H3;1H/q+1;/p-1. The lowest BCUT2D eigenvalue weighted by Gasteiger charge is -2.00. The van der Waals surface area contributed by atoms with Gasteiger partial charge < -0.3 is 28.5 Å². The molecule has 0 amide bonds. The summed E-state index contributed by atoms with van der Waals surface area (Å²) in [5, 5.41) is 0.732. The summed E-state index contributed by atoms with van der Waals surface area (Å²) in [5.41, 5.74) is 3.10. The number of benzene rings is 1. The van der Waals surface area contributed by atoms with E-state index in [1.54, 1.807) is 0 Å². The van der Waals surface area contributed by atoms with Crippen molar-refractivity contribution in [1.82, 2.24) is 9.55 Å². The Kier molecular flexibility index (Phi) is 4.10. The summed E-state index contributed by atoms with van der Waals surface area (Å²) in [6.45, 7) is 0. The lowest BCUT2D eigenvalue weighted by Crippen LogP contribution is -3.00. The van der Waals surface area contributed by atoms with Gasteiger partial charge in [0.25, 0.3) is 0 Å². The molecule has 0 atom stereocenters. The van der Waals surface area contributed by atoms with Gasteiger partial charge in [0.2, 0.25) is 0 Å². The van der Waals surface area contributed by atoms with Gasteiger partial charge in [-0.2, -0.15) is 0 Å². The van der Waals surface area contributed by atoms with E-state index in [0.717, 1.165) is 27.4 Å². The third kappa shape index (κ3) is 2.60. The first-order valence-corrected chi connectivity index (χ1v) is 6.10. The maximum Gasteiger partial charge on any atom is 0.179 e. The van der Waals surface area contributed by atoms with Crippen molar-refractivity contribution in [2.24, 2.45) is 14.1 Å². The second kappa shape index (κ2) is 5.46. The van der Waals surface area contributed by atoms with Crippen LogP contribution in [0.2, 0.25) is 5.02 Å². The Labute approximate surface area is 133 Å². The number of aryl methyl sites for hydroxylation is 2. The fourth-order valence-electron chi connectivity index (χ4n) is 2.14. The Balaban J connectivity index is 0.00000133. The van der Waals surface area contributed by atoms with Crippen LogP contribution in [0.25, 0.3) is 22.4 Å². The van der Waals surface area contributed by atoms with Gasteiger partial charge in [0, 0.05) is 18.1 Å². The molecule has 0 spiro atoms. The van der Waals surface area contributed by atoms with E-state index >= 15 is 0 Å². The average molecular weight is 386 g/mol. The van der Waals surface area contributed by atoms with Crippen molar-refractivity contribution in [1.29, 1.82) is 0 Å². The van der Waals surface area contributed by atoms with Crippen molar-refractivity contribution < 1.29 is 28.5 Å². The molecule has 3 nitrogen and oxygen atoms in total. The summed E-state index contributed by atoms with van der Waals surface area (Å²) >= 11 is 6.03. The maximum atomic E-state index is 6.03. The molecule has 2 heterocycles. The van der Waals surface area contributed by atoms with Crippen LogP contribution in [0.15, 0.2) is 42.7 Å². The fourth-order valence-corrected chi connectivity index (χ4v) is 2.31. The highest BCUT2D eigenvalue weighted by Crippen LogP contribution is 2.24. The number of fused-ring (bicyclic) bond motifs is 1. The highest BCUT2D eigenvalue weighted by molar-refractivity contribution is 6.31. The minimum absolute atomic E-state index is 0. The second-order valence-electron chi connectivity index (χ2n) is 4.39. The van der Waals surface area contributed by atoms with Gasteiger partial charge in [-0.1, -0.05) is 11.6 Å². The summed E-state index contributed by atoms with van der Waals surface area (Å²) in [6.07, 6.45) is 4.06. The normalized spacial score (nSPS) is 10.5. The van der Waals surface area contributed by atoms with Gasteiger partial charge in [0.15, 0.2) is 12.4 Å². The number of nitrogens with zero attached hydrogens (tertiary/aromatic N) is 3. The maximum absolute atomic E-state index is 6.03. The zero-order valence-corrected chi connectivity index (χ0v) is 13.6. The molecule has 0 radical (unpaired) electrons. The van der Waals surface area contributed by atoms with Crippen LogP contribution in [0.3, 0.4) is 0 Å². The Morgan fingerprint density at radius 2 is 2.05 bits per heavy atom. The lowest BCUT2D eigenvalue weighted by atomic mass is 10.2. The summed E-state index contributed by atoms with van der Waals surface area (Å²) in [7, 11) is 4.01.